The topological polar surface area (TPSA) is 14.1 Å². The van der Waals surface area contributed by atoms with Crippen LogP contribution in [0.25, 0.3) is 5.09 Å². The first kappa shape index (κ1) is 16.5. The molecule has 19 heavy (non-hydrogen) atoms. The van der Waals surface area contributed by atoms with Gasteiger partial charge in [0.1, 0.15) is 0 Å². The average molecular weight is 263 g/mol. The van der Waals surface area contributed by atoms with E-state index in [9.17, 15) is 0 Å². The molecule has 0 saturated carbocycles. The van der Waals surface area contributed by atoms with Crippen LogP contribution >= 0.6 is 8.07 Å². The summed E-state index contributed by atoms with van der Waals surface area (Å²) in [4.78, 5) is 0. The fraction of sp³-hybridized carbons (Fsp3) is 0.250. The number of hydrogen-bond acceptors (Lipinski definition) is 0. The summed E-state index contributed by atoms with van der Waals surface area (Å²) >= 11 is 0. The van der Waals surface area contributed by atoms with Crippen molar-refractivity contribution in [3.05, 3.63) is 65.8 Å². The predicted octanol–water partition coefficient (Wildman–Crippen LogP) is 1.21. The normalized spacial score (nSPS) is 11.2. The van der Waals surface area contributed by atoms with Crippen molar-refractivity contribution in [3.63, 3.8) is 0 Å². The van der Waals surface area contributed by atoms with E-state index >= 15 is 0 Å². The summed E-state index contributed by atoms with van der Waals surface area (Å²) < 4.78 is 0. The molecule has 2 aromatic rings. The molecular weight excluding hydrogens is 244 g/mol. The molecule has 0 radical (unpaired) electrons. The van der Waals surface area contributed by atoms with Gasteiger partial charge < -0.3 is 5.09 Å². The van der Waals surface area contributed by atoms with Crippen LogP contribution in [-0.2, 0) is 0 Å². The van der Waals surface area contributed by atoms with E-state index in [1.165, 1.54) is 10.6 Å². The van der Waals surface area contributed by atoms with Gasteiger partial charge in [0.25, 0.3) is 0 Å². The minimum Gasteiger partial charge on any atom is -0.624 e. The van der Waals surface area contributed by atoms with E-state index in [0.29, 0.717) is 0 Å². The van der Waals surface area contributed by atoms with Crippen molar-refractivity contribution in [2.24, 2.45) is 0 Å². The van der Waals surface area contributed by atoms with Crippen LogP contribution in [0.4, 0.5) is 0 Å². The second kappa shape index (κ2) is 7.27. The van der Waals surface area contributed by atoms with Crippen LogP contribution in [0.5, 0.6) is 0 Å². The van der Waals surface area contributed by atoms with E-state index in [4.69, 9.17) is 5.09 Å². The Balaban J connectivity index is 0.00000180. The summed E-state index contributed by atoms with van der Waals surface area (Å²) in [6, 6.07) is 21.2. The van der Waals surface area contributed by atoms with E-state index in [2.05, 4.69) is 81.4 Å². The molecule has 0 saturated heterocycles. The Morgan fingerprint density at radius 1 is 0.737 bits per heavy atom. The van der Waals surface area contributed by atoms with Gasteiger partial charge in [-0.15, -0.1) is 5.54 Å². The third-order valence-electron chi connectivity index (χ3n) is 2.40. The van der Waals surface area contributed by atoms with Crippen molar-refractivity contribution >= 4 is 18.7 Å². The summed E-state index contributed by atoms with van der Waals surface area (Å²) in [5, 5.41) is 7.64. The molecule has 0 aliphatic heterocycles. The Bertz CT molecular complexity index is 440. The van der Waals surface area contributed by atoms with Gasteiger partial charge >= 0.3 is 18.9 Å². The van der Waals surface area contributed by atoms with Crippen LogP contribution < -0.4 is 29.5 Å². The molecule has 2 aromatic carbocycles. The number of nitrogens with zero attached hydrogens (tertiary/aromatic N) is 1. The van der Waals surface area contributed by atoms with Gasteiger partial charge in [0.05, 0.1) is 0 Å². The third-order valence-corrected chi connectivity index (χ3v) is 4.78. The zero-order valence-electron chi connectivity index (χ0n) is 12.2. The summed E-state index contributed by atoms with van der Waals surface area (Å²) in [5.74, 6) is 0. The van der Waals surface area contributed by atoms with E-state index in [-0.39, 0.29) is 24.4 Å². The second-order valence-corrected chi connectivity index (χ2v) is 7.11. The Kier molecular flexibility index (Phi) is 6.31. The van der Waals surface area contributed by atoms with Crippen LogP contribution in [0.3, 0.4) is 0 Å². The van der Waals surface area contributed by atoms with Gasteiger partial charge in [0, 0.05) is 0 Å². The van der Waals surface area contributed by atoms with Crippen molar-refractivity contribution in [2.75, 3.05) is 0 Å². The molecule has 0 aliphatic carbocycles. The molecule has 0 bridgehead atoms. The fourth-order valence-electron chi connectivity index (χ4n) is 1.70. The maximum absolute atomic E-state index is 5.01. The molecule has 0 spiro atoms. The third kappa shape index (κ3) is 5.13. The van der Waals surface area contributed by atoms with Crippen molar-refractivity contribution in [1.29, 1.82) is 0 Å². The smallest absolute Gasteiger partial charge is 0.624 e. The zero-order chi connectivity index (χ0) is 13.0. The molecule has 0 N–H and O–H groups in total. The van der Waals surface area contributed by atoms with Crippen molar-refractivity contribution in [3.8, 4) is 0 Å². The van der Waals surface area contributed by atoms with E-state index in [1.807, 2.05) is 0 Å². The second-order valence-electron chi connectivity index (χ2n) is 5.25. The van der Waals surface area contributed by atoms with E-state index in [1.54, 1.807) is 0 Å². The fourth-order valence-corrected chi connectivity index (χ4v) is 3.74. The first-order valence-corrected chi connectivity index (χ1v) is 7.49. The van der Waals surface area contributed by atoms with Gasteiger partial charge in [-0.1, -0.05) is 81.4 Å². The largest absolute Gasteiger partial charge is 1.00 e. The Morgan fingerprint density at radius 3 is 1.42 bits per heavy atom. The maximum Gasteiger partial charge on any atom is 1.00 e. The van der Waals surface area contributed by atoms with Crippen LogP contribution in [0, 0.1) is 0 Å². The number of benzene rings is 2. The van der Waals surface area contributed by atoms with Gasteiger partial charge in [-0.3, -0.25) is 0 Å². The van der Waals surface area contributed by atoms with Crippen molar-refractivity contribution in [1.82, 2.24) is 0 Å². The van der Waals surface area contributed by atoms with Crippen molar-refractivity contribution in [2.45, 2.75) is 26.3 Å². The zero-order valence-corrected chi connectivity index (χ0v) is 13.1. The van der Waals surface area contributed by atoms with Crippen LogP contribution in [0.2, 0.25) is 0 Å². The molecule has 2 rings (SSSR count). The van der Waals surface area contributed by atoms with Gasteiger partial charge in [0.15, 0.2) is 0 Å². The monoisotopic (exact) mass is 263 g/mol. The van der Waals surface area contributed by atoms with Gasteiger partial charge in [-0.2, -0.15) is 8.07 Å². The molecular formula is C16H19LiNP. The Labute approximate surface area is 129 Å². The molecule has 0 aliphatic rings. The van der Waals surface area contributed by atoms with Crippen LogP contribution in [0.15, 0.2) is 60.7 Å². The molecule has 0 unspecified atom stereocenters. The standard InChI is InChI=1S/C16H19NP.Li/c1-16(2,3)17-18(14-10-6-4-7-11-14)15-12-8-5-9-13-15;/h4-13H,1-3H3;/q-1;+1. The molecule has 0 atom stereocenters. The van der Waals surface area contributed by atoms with Crippen molar-refractivity contribution < 1.29 is 18.9 Å². The van der Waals surface area contributed by atoms with Crippen LogP contribution in [-0.4, -0.2) is 5.54 Å². The maximum atomic E-state index is 5.01. The summed E-state index contributed by atoms with van der Waals surface area (Å²) in [7, 11) is -0.614. The van der Waals surface area contributed by atoms with Gasteiger partial charge in [-0.25, -0.2) is 0 Å². The average Bonchev–Trinajstić information content (AvgIpc) is 2.37. The SMILES string of the molecule is CC(C)(C)[N-]P(c1ccccc1)c1ccccc1.[Li+]. The first-order chi connectivity index (χ1) is 8.56. The molecule has 0 aromatic heterocycles. The number of hydrogen-bond donors (Lipinski definition) is 0. The molecule has 0 heterocycles. The van der Waals surface area contributed by atoms with E-state index < -0.39 is 8.07 Å². The quantitative estimate of drug-likeness (QED) is 0.584. The minimum absolute atomic E-state index is 0. The molecule has 0 amide bonds. The molecule has 94 valence electrons. The Morgan fingerprint density at radius 2 is 1.11 bits per heavy atom. The summed E-state index contributed by atoms with van der Waals surface area (Å²) in [6.07, 6.45) is 0. The Hall–Kier alpha value is -0.573. The van der Waals surface area contributed by atoms with Gasteiger partial charge in [-0.05, 0) is 10.6 Å². The van der Waals surface area contributed by atoms with E-state index in [0.717, 1.165) is 0 Å². The first-order valence-electron chi connectivity index (χ1n) is 6.19. The summed E-state index contributed by atoms with van der Waals surface area (Å²) in [5.41, 5.74) is -0.0165. The van der Waals surface area contributed by atoms with Gasteiger partial charge in [0.2, 0.25) is 0 Å². The minimum atomic E-state index is -0.614. The molecule has 3 heteroatoms. The molecule has 1 nitrogen and oxygen atoms in total. The van der Waals surface area contributed by atoms with Crippen LogP contribution in [0.1, 0.15) is 20.8 Å². The number of rotatable bonds is 3. The summed E-state index contributed by atoms with van der Waals surface area (Å²) in [6.45, 7) is 6.48. The predicted molar refractivity (Wildman–Crippen MR) is 82.2 cm³/mol. The molecule has 0 fully saturated rings.